The fourth-order valence-corrected chi connectivity index (χ4v) is 4.25. The number of carbonyl (C=O) groups excluding carboxylic acids is 2. The first kappa shape index (κ1) is 21.0. The summed E-state index contributed by atoms with van der Waals surface area (Å²) in [5.74, 6) is -0.146. The molecule has 3 amide bonds. The summed E-state index contributed by atoms with van der Waals surface area (Å²) in [6.07, 6.45) is 0.977. The Hall–Kier alpha value is -3.21. The number of carbonyl (C=O) groups is 2. The molecule has 4 rings (SSSR count). The smallest absolute Gasteiger partial charge is 0.298 e. The van der Waals surface area contributed by atoms with Crippen LogP contribution in [0.25, 0.3) is 0 Å². The monoisotopic (exact) mass is 417 g/mol. The van der Waals surface area contributed by atoms with Gasteiger partial charge in [0.15, 0.2) is 0 Å². The molecule has 2 heterocycles. The molecule has 2 fully saturated rings. The van der Waals surface area contributed by atoms with Crippen LogP contribution in [0.2, 0.25) is 0 Å². The van der Waals surface area contributed by atoms with E-state index in [9.17, 15) is 9.59 Å². The molecule has 0 aromatic heterocycles. The van der Waals surface area contributed by atoms with Gasteiger partial charge in [-0.05, 0) is 49.7 Å². The van der Waals surface area contributed by atoms with E-state index in [1.165, 1.54) is 10.5 Å². The zero-order valence-electron chi connectivity index (χ0n) is 17.8. The van der Waals surface area contributed by atoms with E-state index in [2.05, 4.69) is 15.9 Å². The molecule has 0 aliphatic carbocycles. The molecule has 0 radical (unpaired) electrons. The molecule has 7 nitrogen and oxygen atoms in total. The molecule has 2 aromatic rings. The normalized spacial score (nSPS) is 20.7. The predicted octanol–water partition coefficient (Wildman–Crippen LogP) is 2.88. The van der Waals surface area contributed by atoms with Crippen LogP contribution in [0.3, 0.4) is 0 Å². The van der Waals surface area contributed by atoms with Crippen molar-refractivity contribution in [1.29, 1.82) is 5.26 Å². The topological polar surface area (TPSA) is 70.9 Å². The lowest BCUT2D eigenvalue weighted by Crippen LogP contribution is -2.43. The van der Waals surface area contributed by atoms with Crippen molar-refractivity contribution < 1.29 is 9.59 Å². The van der Waals surface area contributed by atoms with Gasteiger partial charge in [-0.1, -0.05) is 30.3 Å². The van der Waals surface area contributed by atoms with E-state index in [1.54, 1.807) is 11.8 Å². The Morgan fingerprint density at radius 1 is 0.935 bits per heavy atom. The van der Waals surface area contributed by atoms with Crippen molar-refractivity contribution in [2.75, 3.05) is 37.7 Å². The minimum Gasteiger partial charge on any atom is -0.298 e. The van der Waals surface area contributed by atoms with Gasteiger partial charge in [0.2, 0.25) is 0 Å². The molecule has 2 aromatic carbocycles. The number of urea groups is 1. The van der Waals surface area contributed by atoms with Gasteiger partial charge in [-0.15, -0.1) is 0 Å². The first-order chi connectivity index (χ1) is 15.1. The number of nitriles is 1. The molecule has 7 heteroatoms. The molecule has 0 N–H and O–H groups in total. The lowest BCUT2D eigenvalue weighted by molar-refractivity contribution is -0.128. The number of hydrogen-bond acceptors (Lipinski definition) is 5. The first-order valence-electron chi connectivity index (χ1n) is 10.7. The Morgan fingerprint density at radius 2 is 1.61 bits per heavy atom. The van der Waals surface area contributed by atoms with Gasteiger partial charge in [-0.2, -0.15) is 5.26 Å². The van der Waals surface area contributed by atoms with Gasteiger partial charge in [-0.3, -0.25) is 19.5 Å². The summed E-state index contributed by atoms with van der Waals surface area (Å²) in [6, 6.07) is 18.5. The zero-order valence-corrected chi connectivity index (χ0v) is 17.8. The molecule has 160 valence electrons. The van der Waals surface area contributed by atoms with Crippen molar-refractivity contribution >= 4 is 17.6 Å². The second-order valence-electron chi connectivity index (χ2n) is 8.13. The maximum absolute atomic E-state index is 13.0. The summed E-state index contributed by atoms with van der Waals surface area (Å²) < 4.78 is 0. The highest BCUT2D eigenvalue weighted by Crippen LogP contribution is 2.25. The zero-order chi connectivity index (χ0) is 21.8. The third-order valence-corrected chi connectivity index (χ3v) is 5.99. The van der Waals surface area contributed by atoms with Crippen molar-refractivity contribution in [2.45, 2.75) is 25.9 Å². The van der Waals surface area contributed by atoms with Crippen molar-refractivity contribution in [3.8, 4) is 6.07 Å². The summed E-state index contributed by atoms with van der Waals surface area (Å²) in [4.78, 5) is 33.4. The molecule has 0 saturated carbocycles. The average molecular weight is 418 g/mol. The van der Waals surface area contributed by atoms with Crippen LogP contribution in [-0.4, -0.2) is 65.5 Å². The second-order valence-corrected chi connectivity index (χ2v) is 8.13. The van der Waals surface area contributed by atoms with E-state index in [4.69, 9.17) is 5.26 Å². The summed E-state index contributed by atoms with van der Waals surface area (Å²) in [7, 11) is 0. The third-order valence-electron chi connectivity index (χ3n) is 5.99. The second kappa shape index (κ2) is 9.29. The van der Waals surface area contributed by atoms with Crippen LogP contribution < -0.4 is 4.90 Å². The molecule has 0 bridgehead atoms. The van der Waals surface area contributed by atoms with Gasteiger partial charge >= 0.3 is 6.03 Å². The molecule has 2 saturated heterocycles. The number of hydrogen-bond donors (Lipinski definition) is 0. The van der Waals surface area contributed by atoms with Gasteiger partial charge in [0.1, 0.15) is 6.04 Å². The lowest BCUT2D eigenvalue weighted by Gasteiger charge is -2.25. The van der Waals surface area contributed by atoms with E-state index in [0.29, 0.717) is 12.2 Å². The Balaban J connectivity index is 1.36. The van der Waals surface area contributed by atoms with Gasteiger partial charge in [0.05, 0.1) is 18.3 Å². The molecular weight excluding hydrogens is 390 g/mol. The number of para-hydroxylation sites is 1. The van der Waals surface area contributed by atoms with E-state index in [0.717, 1.165) is 44.8 Å². The van der Waals surface area contributed by atoms with E-state index in [-0.39, 0.29) is 11.9 Å². The molecule has 2 aliphatic rings. The van der Waals surface area contributed by atoms with E-state index < -0.39 is 6.04 Å². The van der Waals surface area contributed by atoms with Crippen LogP contribution in [0, 0.1) is 11.3 Å². The fourth-order valence-electron chi connectivity index (χ4n) is 4.25. The predicted molar refractivity (Wildman–Crippen MR) is 118 cm³/mol. The summed E-state index contributed by atoms with van der Waals surface area (Å²) in [5, 5.41) is 8.95. The van der Waals surface area contributed by atoms with Crippen LogP contribution in [0.15, 0.2) is 54.6 Å². The molecule has 0 unspecified atom stereocenters. The highest BCUT2D eigenvalue weighted by atomic mass is 16.2. The van der Waals surface area contributed by atoms with Gasteiger partial charge in [0.25, 0.3) is 5.91 Å². The first-order valence-corrected chi connectivity index (χ1v) is 10.7. The van der Waals surface area contributed by atoms with Crippen molar-refractivity contribution in [1.82, 2.24) is 14.7 Å². The minimum absolute atomic E-state index is 0.146. The Kier molecular flexibility index (Phi) is 6.31. The number of rotatable bonds is 5. The van der Waals surface area contributed by atoms with Gasteiger partial charge < -0.3 is 0 Å². The largest absolute Gasteiger partial charge is 0.333 e. The van der Waals surface area contributed by atoms with Gasteiger partial charge in [-0.25, -0.2) is 9.69 Å². The van der Waals surface area contributed by atoms with Crippen LogP contribution in [0.5, 0.6) is 0 Å². The number of nitrogens with zero attached hydrogens (tertiary/aromatic N) is 5. The van der Waals surface area contributed by atoms with Crippen LogP contribution in [-0.2, 0) is 11.3 Å². The van der Waals surface area contributed by atoms with Crippen LogP contribution in [0.1, 0.15) is 24.5 Å². The van der Waals surface area contributed by atoms with E-state index >= 15 is 0 Å². The number of imide groups is 1. The highest BCUT2D eigenvalue weighted by Gasteiger charge is 2.43. The van der Waals surface area contributed by atoms with Crippen molar-refractivity contribution in [2.24, 2.45) is 0 Å². The van der Waals surface area contributed by atoms with Crippen molar-refractivity contribution in [3.05, 3.63) is 65.7 Å². The minimum atomic E-state index is -0.491. The average Bonchev–Trinajstić information content (AvgIpc) is 2.94. The molecular formula is C24H27N5O2. The maximum Gasteiger partial charge on any atom is 0.333 e. The highest BCUT2D eigenvalue weighted by molar-refractivity contribution is 6.14. The quantitative estimate of drug-likeness (QED) is 0.700. The van der Waals surface area contributed by atoms with Gasteiger partial charge in [0, 0.05) is 31.9 Å². The summed E-state index contributed by atoms with van der Waals surface area (Å²) in [6.45, 7) is 6.43. The Bertz CT molecular complexity index is 970. The standard InChI is InChI=1S/C24H27N5O2/c1-19-23(30)28(24(31)29(19)22-6-3-2-4-7-22)18-27-13-5-12-26(14-15-27)17-21-10-8-20(16-25)9-11-21/h2-4,6-11,19H,5,12-15,17-18H2,1H3/t19-/m0/s1. The van der Waals surface area contributed by atoms with Crippen molar-refractivity contribution in [3.63, 3.8) is 0 Å². The number of benzene rings is 2. The fraction of sp³-hybridized carbons (Fsp3) is 0.375. The van der Waals surface area contributed by atoms with Crippen LogP contribution in [0.4, 0.5) is 10.5 Å². The number of anilines is 1. The Morgan fingerprint density at radius 3 is 2.32 bits per heavy atom. The third kappa shape index (κ3) is 4.61. The molecule has 2 aliphatic heterocycles. The summed E-state index contributed by atoms with van der Waals surface area (Å²) in [5.41, 5.74) is 2.61. The summed E-state index contributed by atoms with van der Waals surface area (Å²) >= 11 is 0. The molecule has 1 atom stereocenters. The van der Waals surface area contributed by atoms with E-state index in [1.807, 2.05) is 54.6 Å². The molecule has 0 spiro atoms. The van der Waals surface area contributed by atoms with Crippen LogP contribution >= 0.6 is 0 Å². The molecule has 31 heavy (non-hydrogen) atoms. The maximum atomic E-state index is 13.0. The Labute approximate surface area is 183 Å². The SMILES string of the molecule is C[C@H]1C(=O)N(CN2CCCN(Cc3ccc(C#N)cc3)CC2)C(=O)N1c1ccccc1. The number of amides is 3. The lowest BCUT2D eigenvalue weighted by atomic mass is 10.1.